The number of aryl methyl sites for hydroxylation is 1. The van der Waals surface area contributed by atoms with Crippen molar-refractivity contribution in [3.63, 3.8) is 0 Å². The summed E-state index contributed by atoms with van der Waals surface area (Å²) in [6, 6.07) is 7.08. The van der Waals surface area contributed by atoms with E-state index in [0.29, 0.717) is 0 Å². The van der Waals surface area contributed by atoms with Gasteiger partial charge in [-0.05, 0) is 43.5 Å². The molecule has 2 aliphatic rings. The maximum Gasteiger partial charge on any atom is 0.0681 e. The molecule has 98 valence electrons. The first-order valence-corrected chi connectivity index (χ1v) is 6.97. The lowest BCUT2D eigenvalue weighted by Gasteiger charge is -2.39. The van der Waals surface area contributed by atoms with Crippen LogP contribution in [0.25, 0.3) is 0 Å². The van der Waals surface area contributed by atoms with Crippen LogP contribution >= 0.6 is 0 Å². The topological polar surface area (TPSA) is 26.7 Å². The molecule has 0 saturated carbocycles. The molecule has 18 heavy (non-hydrogen) atoms. The molecule has 0 radical (unpaired) electrons. The van der Waals surface area contributed by atoms with Gasteiger partial charge < -0.3 is 10.0 Å². The van der Waals surface area contributed by atoms with Crippen molar-refractivity contribution in [3.05, 3.63) is 29.3 Å². The first-order chi connectivity index (χ1) is 8.78. The number of benzene rings is 1. The van der Waals surface area contributed by atoms with Crippen LogP contribution in [0.2, 0.25) is 0 Å². The average molecular weight is 246 g/mol. The molecule has 1 aromatic carbocycles. The van der Waals surface area contributed by atoms with Gasteiger partial charge in [-0.1, -0.05) is 12.1 Å². The standard InChI is InChI=1S/C15H22N2O/c1-12-9-13(11-18)4-5-15(12)17-8-7-16-6-2-3-14(16)10-17/h4-5,9,14,18H,2-3,6-8,10-11H2,1H3. The number of hydrogen-bond donors (Lipinski definition) is 1. The molecule has 2 aliphatic heterocycles. The molecule has 1 N–H and O–H groups in total. The van der Waals surface area contributed by atoms with Gasteiger partial charge >= 0.3 is 0 Å². The molecule has 0 aromatic heterocycles. The SMILES string of the molecule is Cc1cc(CO)ccc1N1CCN2CCCC2C1. The Kier molecular flexibility index (Phi) is 3.27. The molecular formula is C15H22N2O. The Labute approximate surface area is 109 Å². The number of aliphatic hydroxyl groups excluding tert-OH is 1. The third kappa shape index (κ3) is 2.13. The minimum absolute atomic E-state index is 0.136. The number of fused-ring (bicyclic) bond motifs is 1. The molecule has 0 aliphatic carbocycles. The van der Waals surface area contributed by atoms with Gasteiger partial charge in [0.2, 0.25) is 0 Å². The van der Waals surface area contributed by atoms with Crippen LogP contribution in [-0.4, -0.2) is 42.2 Å². The van der Waals surface area contributed by atoms with Gasteiger partial charge in [0.05, 0.1) is 6.61 Å². The van der Waals surface area contributed by atoms with Crippen LogP contribution in [0.4, 0.5) is 5.69 Å². The van der Waals surface area contributed by atoms with E-state index in [2.05, 4.69) is 28.9 Å². The highest BCUT2D eigenvalue weighted by Crippen LogP contribution is 2.28. The second-order valence-electron chi connectivity index (χ2n) is 5.56. The van der Waals surface area contributed by atoms with Crippen LogP contribution < -0.4 is 4.90 Å². The molecule has 3 heteroatoms. The summed E-state index contributed by atoms with van der Waals surface area (Å²) in [4.78, 5) is 5.15. The van der Waals surface area contributed by atoms with Gasteiger partial charge in [-0.3, -0.25) is 4.90 Å². The largest absolute Gasteiger partial charge is 0.392 e. The fraction of sp³-hybridized carbons (Fsp3) is 0.600. The zero-order valence-corrected chi connectivity index (χ0v) is 11.1. The quantitative estimate of drug-likeness (QED) is 0.861. The number of hydrogen-bond acceptors (Lipinski definition) is 3. The predicted molar refractivity (Wildman–Crippen MR) is 73.9 cm³/mol. The summed E-state index contributed by atoms with van der Waals surface area (Å²) >= 11 is 0. The van der Waals surface area contributed by atoms with E-state index in [1.54, 1.807) is 0 Å². The molecule has 0 bridgehead atoms. The minimum Gasteiger partial charge on any atom is -0.392 e. The summed E-state index contributed by atoms with van der Waals surface area (Å²) in [5.41, 5.74) is 3.64. The molecule has 0 spiro atoms. The molecule has 2 heterocycles. The first-order valence-electron chi connectivity index (χ1n) is 6.97. The lowest BCUT2D eigenvalue weighted by atomic mass is 10.1. The molecule has 3 nitrogen and oxygen atoms in total. The second-order valence-corrected chi connectivity index (χ2v) is 5.56. The van der Waals surface area contributed by atoms with Crippen LogP contribution in [0.1, 0.15) is 24.0 Å². The highest BCUT2D eigenvalue weighted by atomic mass is 16.3. The zero-order valence-electron chi connectivity index (χ0n) is 11.1. The molecule has 2 saturated heterocycles. The van der Waals surface area contributed by atoms with Gasteiger partial charge in [-0.15, -0.1) is 0 Å². The van der Waals surface area contributed by atoms with Crippen molar-refractivity contribution in [2.24, 2.45) is 0 Å². The smallest absolute Gasteiger partial charge is 0.0681 e. The lowest BCUT2D eigenvalue weighted by Crippen LogP contribution is -2.50. The van der Waals surface area contributed by atoms with Crippen LogP contribution in [-0.2, 0) is 6.61 Å². The molecule has 3 rings (SSSR count). The van der Waals surface area contributed by atoms with Crippen molar-refractivity contribution in [1.82, 2.24) is 4.90 Å². The Bertz CT molecular complexity index is 433. The van der Waals surface area contributed by atoms with Gasteiger partial charge in [0, 0.05) is 31.4 Å². The Morgan fingerprint density at radius 2 is 2.17 bits per heavy atom. The van der Waals surface area contributed by atoms with E-state index in [1.807, 2.05) is 6.07 Å². The van der Waals surface area contributed by atoms with E-state index in [1.165, 1.54) is 43.7 Å². The summed E-state index contributed by atoms with van der Waals surface area (Å²) in [5, 5.41) is 9.17. The Balaban J connectivity index is 1.78. The Morgan fingerprint density at radius 1 is 1.28 bits per heavy atom. The van der Waals surface area contributed by atoms with Crippen molar-refractivity contribution in [1.29, 1.82) is 0 Å². The van der Waals surface area contributed by atoms with Gasteiger partial charge in [-0.2, -0.15) is 0 Å². The van der Waals surface area contributed by atoms with Crippen LogP contribution in [0.15, 0.2) is 18.2 Å². The number of rotatable bonds is 2. The summed E-state index contributed by atoms with van der Waals surface area (Å²) in [5.74, 6) is 0. The fourth-order valence-corrected chi connectivity index (χ4v) is 3.38. The van der Waals surface area contributed by atoms with Crippen molar-refractivity contribution >= 4 is 5.69 Å². The van der Waals surface area contributed by atoms with Crippen LogP contribution in [0, 0.1) is 6.92 Å². The van der Waals surface area contributed by atoms with E-state index in [9.17, 15) is 0 Å². The highest BCUT2D eigenvalue weighted by Gasteiger charge is 2.30. The van der Waals surface area contributed by atoms with Crippen molar-refractivity contribution < 1.29 is 5.11 Å². The van der Waals surface area contributed by atoms with Gasteiger partial charge in [0.15, 0.2) is 0 Å². The Morgan fingerprint density at radius 3 is 2.94 bits per heavy atom. The third-order valence-electron chi connectivity index (χ3n) is 4.37. The maximum atomic E-state index is 9.17. The van der Waals surface area contributed by atoms with Gasteiger partial charge in [0.25, 0.3) is 0 Å². The molecule has 1 atom stereocenters. The van der Waals surface area contributed by atoms with Gasteiger partial charge in [0.1, 0.15) is 0 Å². The number of nitrogens with zero attached hydrogens (tertiary/aromatic N) is 2. The average Bonchev–Trinajstić information content (AvgIpc) is 2.85. The minimum atomic E-state index is 0.136. The third-order valence-corrected chi connectivity index (χ3v) is 4.37. The molecule has 0 amide bonds. The number of anilines is 1. The van der Waals surface area contributed by atoms with E-state index in [-0.39, 0.29) is 6.61 Å². The lowest BCUT2D eigenvalue weighted by molar-refractivity contribution is 0.231. The van der Waals surface area contributed by atoms with E-state index in [4.69, 9.17) is 5.11 Å². The maximum absolute atomic E-state index is 9.17. The first kappa shape index (κ1) is 12.0. The van der Waals surface area contributed by atoms with Crippen molar-refractivity contribution in [2.75, 3.05) is 31.1 Å². The normalized spacial score (nSPS) is 24.3. The van der Waals surface area contributed by atoms with E-state index < -0.39 is 0 Å². The summed E-state index contributed by atoms with van der Waals surface area (Å²) in [6.07, 6.45) is 2.71. The summed E-state index contributed by atoms with van der Waals surface area (Å²) in [6.45, 7) is 7.08. The second kappa shape index (κ2) is 4.90. The number of aliphatic hydroxyl groups is 1. The highest BCUT2D eigenvalue weighted by molar-refractivity contribution is 5.55. The molecule has 2 fully saturated rings. The van der Waals surface area contributed by atoms with E-state index >= 15 is 0 Å². The van der Waals surface area contributed by atoms with Crippen molar-refractivity contribution in [2.45, 2.75) is 32.4 Å². The van der Waals surface area contributed by atoms with Crippen LogP contribution in [0.5, 0.6) is 0 Å². The molecule has 1 unspecified atom stereocenters. The van der Waals surface area contributed by atoms with Crippen LogP contribution in [0.3, 0.4) is 0 Å². The van der Waals surface area contributed by atoms with Crippen molar-refractivity contribution in [3.8, 4) is 0 Å². The molecular weight excluding hydrogens is 224 g/mol. The zero-order chi connectivity index (χ0) is 12.5. The van der Waals surface area contributed by atoms with Gasteiger partial charge in [-0.25, -0.2) is 0 Å². The monoisotopic (exact) mass is 246 g/mol. The summed E-state index contributed by atoms with van der Waals surface area (Å²) in [7, 11) is 0. The number of piperazine rings is 1. The predicted octanol–water partition coefficient (Wildman–Crippen LogP) is 1.77. The van der Waals surface area contributed by atoms with E-state index in [0.717, 1.165) is 18.2 Å². The fourth-order valence-electron chi connectivity index (χ4n) is 3.38. The summed E-state index contributed by atoms with van der Waals surface area (Å²) < 4.78 is 0. The Hall–Kier alpha value is -1.06. The molecule has 1 aromatic rings.